The fourth-order valence-electron chi connectivity index (χ4n) is 13.8. The summed E-state index contributed by atoms with van der Waals surface area (Å²) in [6.07, 6.45) is 0. The van der Waals surface area contributed by atoms with Crippen LogP contribution >= 0.6 is 0 Å². The normalized spacial score (nSPS) is 12.7. The van der Waals surface area contributed by atoms with Gasteiger partial charge in [0.25, 0.3) is 0 Å². The van der Waals surface area contributed by atoms with Crippen molar-refractivity contribution in [3.05, 3.63) is 299 Å². The third kappa shape index (κ3) is 7.57. The molecule has 0 bridgehead atoms. The van der Waals surface area contributed by atoms with Crippen molar-refractivity contribution in [1.29, 1.82) is 0 Å². The van der Waals surface area contributed by atoms with Gasteiger partial charge in [-0.2, -0.15) is 0 Å². The highest BCUT2D eigenvalue weighted by Crippen LogP contribution is 2.64. The number of furan rings is 2. The summed E-state index contributed by atoms with van der Waals surface area (Å²) in [6.45, 7) is 8.47. The summed E-state index contributed by atoms with van der Waals surface area (Å²) in [5.74, 6) is 1.01. The minimum atomic E-state index is -1.06. The van der Waals surface area contributed by atoms with Crippen LogP contribution in [0.1, 0.15) is 44.5 Å². The molecule has 0 fully saturated rings. The third-order valence-electron chi connectivity index (χ3n) is 17.8. The lowest BCUT2D eigenvalue weighted by atomic mass is 9.67. The van der Waals surface area contributed by atoms with Gasteiger partial charge in [0.05, 0.1) is 28.2 Å². The van der Waals surface area contributed by atoms with Gasteiger partial charge in [-0.05, 0) is 134 Å². The van der Waals surface area contributed by atoms with Crippen LogP contribution in [0.3, 0.4) is 0 Å². The largest absolute Gasteiger partial charge is 0.454 e. The lowest BCUT2D eigenvalue weighted by Crippen LogP contribution is -2.29. The van der Waals surface area contributed by atoms with E-state index in [4.69, 9.17) is 27.6 Å². The lowest BCUT2D eigenvalue weighted by Gasteiger charge is -2.35. The van der Waals surface area contributed by atoms with Crippen LogP contribution in [0.2, 0.25) is 0 Å². The summed E-state index contributed by atoms with van der Waals surface area (Å²) in [6, 6.07) is 89.9. The second kappa shape index (κ2) is 19.4. The van der Waals surface area contributed by atoms with E-state index in [1.807, 2.05) is 24.3 Å². The van der Waals surface area contributed by atoms with E-state index in [1.165, 1.54) is 0 Å². The molecule has 17 rings (SSSR count). The molecule has 414 valence electrons. The quantitative estimate of drug-likeness (QED) is 0.134. The van der Waals surface area contributed by atoms with Gasteiger partial charge >= 0.3 is 0 Å². The van der Waals surface area contributed by atoms with Crippen LogP contribution in [0.15, 0.2) is 272 Å². The Labute approximate surface area is 501 Å². The maximum absolute atomic E-state index is 7.68. The first-order chi connectivity index (χ1) is 42.8. The van der Waals surface area contributed by atoms with Crippen LogP contribution in [0.5, 0.6) is 0 Å². The van der Waals surface area contributed by atoms with E-state index in [-0.39, 0.29) is 0 Å². The maximum atomic E-state index is 7.68. The second-order valence-electron chi connectivity index (χ2n) is 23.0. The Balaban J connectivity index is 1.08. The highest BCUT2D eigenvalue weighted by Gasteiger charge is 2.51. The smallest absolute Gasteiger partial charge is 0.227 e. The number of benzene rings is 12. The Morgan fingerprint density at radius 2 is 0.701 bits per heavy atom. The first kappa shape index (κ1) is 50.3. The van der Waals surface area contributed by atoms with Gasteiger partial charge in [-0.25, -0.2) is 9.97 Å². The maximum Gasteiger partial charge on any atom is 0.227 e. The number of nitrogens with zero attached hydrogens (tertiary/aromatic N) is 4. The van der Waals surface area contributed by atoms with E-state index < -0.39 is 5.41 Å². The van der Waals surface area contributed by atoms with Gasteiger partial charge in [0.15, 0.2) is 22.3 Å². The number of aromatic nitrogens is 2. The SMILES string of the molecule is Cc1ccc(C)c(-c2nc3c(N(c4ccccc4)c4cccc5c4oc4ccccc45)cc4c(c3o2)-c2c(cc(N(c3ccccc3)c3cccc5c3oc3ccccc35)c3nc(-c5cc(C)ccc5C)oc23)C4(c2ccccc2)c2ccccc2)c1. The molecule has 87 heavy (non-hydrogen) atoms. The number of anilines is 6. The molecule has 0 atom stereocenters. The molecule has 0 saturated carbocycles. The molecule has 1 aliphatic carbocycles. The van der Waals surface area contributed by atoms with Crippen molar-refractivity contribution in [3.8, 4) is 34.0 Å². The van der Waals surface area contributed by atoms with Crippen molar-refractivity contribution in [1.82, 2.24) is 9.97 Å². The summed E-state index contributed by atoms with van der Waals surface area (Å²) in [7, 11) is 0. The zero-order chi connectivity index (χ0) is 58.1. The molecule has 4 heterocycles. The van der Waals surface area contributed by atoms with Gasteiger partial charge in [0, 0.05) is 55.2 Å². The highest BCUT2D eigenvalue weighted by molar-refractivity contribution is 6.18. The molecule has 0 saturated heterocycles. The van der Waals surface area contributed by atoms with Crippen LogP contribution in [0.4, 0.5) is 34.1 Å². The predicted molar refractivity (Wildman–Crippen MR) is 353 cm³/mol. The Kier molecular flexibility index (Phi) is 11.2. The number of hydrogen-bond donors (Lipinski definition) is 0. The molecule has 8 nitrogen and oxygen atoms in total. The van der Waals surface area contributed by atoms with Gasteiger partial charge in [-0.3, -0.25) is 0 Å². The Bertz CT molecular complexity index is 5070. The van der Waals surface area contributed by atoms with E-state index in [9.17, 15) is 0 Å². The van der Waals surface area contributed by atoms with Gasteiger partial charge in [0.2, 0.25) is 11.8 Å². The van der Waals surface area contributed by atoms with E-state index in [0.29, 0.717) is 34.0 Å². The van der Waals surface area contributed by atoms with Gasteiger partial charge in [-0.15, -0.1) is 0 Å². The minimum absolute atomic E-state index is 0.505. The van der Waals surface area contributed by atoms with Crippen molar-refractivity contribution in [3.63, 3.8) is 0 Å². The summed E-state index contributed by atoms with van der Waals surface area (Å²) >= 11 is 0. The number of para-hydroxylation sites is 6. The van der Waals surface area contributed by atoms with E-state index >= 15 is 0 Å². The molecular formula is C79H54N4O4. The van der Waals surface area contributed by atoms with Crippen molar-refractivity contribution >= 4 is 100 Å². The highest BCUT2D eigenvalue weighted by atomic mass is 16.4. The minimum Gasteiger partial charge on any atom is -0.454 e. The summed E-state index contributed by atoms with van der Waals surface area (Å²) in [5, 5.41) is 4.09. The topological polar surface area (TPSA) is 84.8 Å². The van der Waals surface area contributed by atoms with Crippen LogP contribution in [0, 0.1) is 27.7 Å². The van der Waals surface area contributed by atoms with Crippen LogP contribution in [-0.4, -0.2) is 9.97 Å². The van der Waals surface area contributed by atoms with Crippen LogP contribution in [0.25, 0.3) is 100 Å². The molecule has 16 aromatic rings. The summed E-state index contributed by atoms with van der Waals surface area (Å²) < 4.78 is 29.3. The van der Waals surface area contributed by atoms with E-state index in [2.05, 4.69) is 268 Å². The Hall–Kier alpha value is -11.2. The Morgan fingerprint density at radius 1 is 0.322 bits per heavy atom. The number of fused-ring (bicyclic) bond motifs is 13. The molecule has 0 spiro atoms. The van der Waals surface area contributed by atoms with Gasteiger partial charge in [0.1, 0.15) is 22.2 Å². The van der Waals surface area contributed by atoms with Gasteiger partial charge < -0.3 is 27.5 Å². The fourth-order valence-corrected chi connectivity index (χ4v) is 13.8. The summed E-state index contributed by atoms with van der Waals surface area (Å²) in [4.78, 5) is 16.1. The molecule has 8 heteroatoms. The number of oxazole rings is 2. The van der Waals surface area contributed by atoms with Crippen molar-refractivity contribution in [2.45, 2.75) is 33.1 Å². The molecule has 0 radical (unpaired) electrons. The average Bonchev–Trinajstić information content (AvgIpc) is 1.54. The molecule has 0 N–H and O–H groups in total. The zero-order valence-electron chi connectivity index (χ0n) is 48.2. The fraction of sp³-hybridized carbons (Fsp3) is 0.0633. The van der Waals surface area contributed by atoms with Gasteiger partial charge in [-0.1, -0.05) is 193 Å². The molecule has 0 unspecified atom stereocenters. The predicted octanol–water partition coefficient (Wildman–Crippen LogP) is 21.6. The molecule has 4 aromatic heterocycles. The number of rotatable bonds is 10. The Morgan fingerprint density at radius 3 is 1.13 bits per heavy atom. The van der Waals surface area contributed by atoms with Crippen LogP contribution < -0.4 is 9.80 Å². The number of aryl methyl sites for hydroxylation is 4. The van der Waals surface area contributed by atoms with E-state index in [1.54, 1.807) is 0 Å². The zero-order valence-corrected chi connectivity index (χ0v) is 48.2. The van der Waals surface area contributed by atoms with Crippen LogP contribution in [-0.2, 0) is 5.41 Å². The summed E-state index contributed by atoms with van der Waals surface area (Å²) in [5.41, 5.74) is 21.6. The molecular weight excluding hydrogens is 1070 g/mol. The first-order valence-corrected chi connectivity index (χ1v) is 29.5. The van der Waals surface area contributed by atoms with Crippen molar-refractivity contribution in [2.24, 2.45) is 0 Å². The van der Waals surface area contributed by atoms with Crippen molar-refractivity contribution < 1.29 is 17.7 Å². The average molecular weight is 1120 g/mol. The number of hydrogen-bond acceptors (Lipinski definition) is 8. The lowest BCUT2D eigenvalue weighted by molar-refractivity contribution is 0.616. The van der Waals surface area contributed by atoms with Crippen molar-refractivity contribution in [2.75, 3.05) is 9.80 Å². The third-order valence-corrected chi connectivity index (χ3v) is 17.8. The second-order valence-corrected chi connectivity index (χ2v) is 23.0. The van der Waals surface area contributed by atoms with E-state index in [0.717, 1.165) is 145 Å². The molecule has 1 aliphatic rings. The standard InChI is InChI=1S/C79H54N4O4/c1-47-39-41-49(3)59(43-47)77-80-71-65(82(53-27-13-7-14-28-53)63-35-21-33-57-55-31-17-19-37-67(55)84-73(57)63)45-61-69(75(71)86-77)70-62(79(61,51-23-9-5-10-24-51)52-25-11-6-12-26-52)46-66(72-76(70)87-78(81-72)60-44-48(2)40-42-50(60)4)83(54-29-15-8-16-30-54)64-36-22-34-58-56-32-18-20-38-68(56)85-74(58)64/h5-46H,1-4H3. The first-order valence-electron chi connectivity index (χ1n) is 29.5. The molecule has 0 aliphatic heterocycles. The molecule has 12 aromatic carbocycles. The molecule has 0 amide bonds. The monoisotopic (exact) mass is 1120 g/mol.